The second kappa shape index (κ2) is 5.77. The van der Waals surface area contributed by atoms with E-state index >= 15 is 0 Å². The summed E-state index contributed by atoms with van der Waals surface area (Å²) in [5.41, 5.74) is 3.65. The third-order valence-corrected chi connectivity index (χ3v) is 3.42. The molecule has 0 saturated carbocycles. The molecule has 5 nitrogen and oxygen atoms in total. The first kappa shape index (κ1) is 14.1. The van der Waals surface area contributed by atoms with Crippen LogP contribution in [0.4, 0.5) is 0 Å². The lowest BCUT2D eigenvalue weighted by Crippen LogP contribution is -2.23. The summed E-state index contributed by atoms with van der Waals surface area (Å²) in [6.07, 6.45) is 0. The van der Waals surface area contributed by atoms with Gasteiger partial charge in [-0.1, -0.05) is 6.07 Å². The van der Waals surface area contributed by atoms with E-state index in [2.05, 4.69) is 10.4 Å². The van der Waals surface area contributed by atoms with Gasteiger partial charge in [-0.3, -0.25) is 9.48 Å². The number of carbonyl (C=O) groups excluding carboxylic acids is 1. The molecule has 0 spiro atoms. The fourth-order valence-electron chi connectivity index (χ4n) is 2.11. The number of aryl methyl sites for hydroxylation is 2. The molecule has 2 aromatic rings. The smallest absolute Gasteiger partial charge is 0.251 e. The van der Waals surface area contributed by atoms with Gasteiger partial charge in [0.15, 0.2) is 0 Å². The fraction of sp³-hybridized carbons (Fsp3) is 0.333. The minimum absolute atomic E-state index is 0.119. The van der Waals surface area contributed by atoms with Crippen molar-refractivity contribution in [3.63, 3.8) is 0 Å². The number of carbonyl (C=O) groups is 1. The van der Waals surface area contributed by atoms with Crippen molar-refractivity contribution in [2.45, 2.75) is 20.4 Å². The highest BCUT2D eigenvalue weighted by Gasteiger charge is 2.11. The van der Waals surface area contributed by atoms with Crippen molar-refractivity contribution in [2.24, 2.45) is 7.05 Å². The summed E-state index contributed by atoms with van der Waals surface area (Å²) in [4.78, 5) is 12.1. The van der Waals surface area contributed by atoms with Crippen LogP contribution in [-0.2, 0) is 13.6 Å². The van der Waals surface area contributed by atoms with E-state index in [0.717, 1.165) is 17.0 Å². The first-order chi connectivity index (χ1) is 9.52. The van der Waals surface area contributed by atoms with Crippen molar-refractivity contribution >= 4 is 5.91 Å². The number of hydrogen-bond donors (Lipinski definition) is 1. The second-order valence-corrected chi connectivity index (χ2v) is 4.69. The average Bonchev–Trinajstić information content (AvgIpc) is 2.70. The highest BCUT2D eigenvalue weighted by atomic mass is 16.5. The number of nitrogens with one attached hydrogen (secondary N) is 1. The molecule has 106 valence electrons. The minimum Gasteiger partial charge on any atom is -0.497 e. The first-order valence-corrected chi connectivity index (χ1v) is 6.44. The number of benzene rings is 1. The molecule has 1 amide bonds. The molecule has 0 radical (unpaired) electrons. The summed E-state index contributed by atoms with van der Waals surface area (Å²) in [7, 11) is 3.48. The molecule has 1 heterocycles. The lowest BCUT2D eigenvalue weighted by Gasteiger charge is -2.07. The van der Waals surface area contributed by atoms with Gasteiger partial charge in [0, 0.05) is 30.4 Å². The highest BCUT2D eigenvalue weighted by molar-refractivity contribution is 5.94. The predicted molar refractivity (Wildman–Crippen MR) is 76.8 cm³/mol. The van der Waals surface area contributed by atoms with Crippen molar-refractivity contribution in [3.8, 4) is 5.75 Å². The number of aromatic nitrogens is 2. The van der Waals surface area contributed by atoms with Gasteiger partial charge in [-0.2, -0.15) is 5.10 Å². The van der Waals surface area contributed by atoms with Crippen LogP contribution in [0.25, 0.3) is 0 Å². The van der Waals surface area contributed by atoms with Gasteiger partial charge in [0.05, 0.1) is 12.8 Å². The number of methoxy groups -OCH3 is 1. The molecular formula is C15H19N3O2. The van der Waals surface area contributed by atoms with Crippen molar-refractivity contribution in [2.75, 3.05) is 7.11 Å². The number of rotatable bonds is 4. The molecule has 0 bridgehead atoms. The van der Waals surface area contributed by atoms with Crippen LogP contribution in [0.15, 0.2) is 24.3 Å². The average molecular weight is 273 g/mol. The Morgan fingerprint density at radius 3 is 2.75 bits per heavy atom. The van der Waals surface area contributed by atoms with Gasteiger partial charge in [-0.25, -0.2) is 0 Å². The van der Waals surface area contributed by atoms with Gasteiger partial charge < -0.3 is 10.1 Å². The van der Waals surface area contributed by atoms with Crippen LogP contribution < -0.4 is 10.1 Å². The summed E-state index contributed by atoms with van der Waals surface area (Å²) in [6.45, 7) is 4.41. The molecule has 0 saturated heterocycles. The van der Waals surface area contributed by atoms with Crippen LogP contribution in [0.1, 0.15) is 27.3 Å². The summed E-state index contributed by atoms with van der Waals surface area (Å²) in [6, 6.07) is 7.10. The fourth-order valence-corrected chi connectivity index (χ4v) is 2.11. The van der Waals surface area contributed by atoms with Crippen LogP contribution in [0.2, 0.25) is 0 Å². The maximum absolute atomic E-state index is 12.1. The van der Waals surface area contributed by atoms with Crippen molar-refractivity contribution < 1.29 is 9.53 Å². The summed E-state index contributed by atoms with van der Waals surface area (Å²) >= 11 is 0. The van der Waals surface area contributed by atoms with E-state index in [-0.39, 0.29) is 5.91 Å². The lowest BCUT2D eigenvalue weighted by molar-refractivity contribution is 0.0950. The van der Waals surface area contributed by atoms with Crippen molar-refractivity contribution in [1.29, 1.82) is 0 Å². The maximum Gasteiger partial charge on any atom is 0.251 e. The van der Waals surface area contributed by atoms with Gasteiger partial charge >= 0.3 is 0 Å². The van der Waals surface area contributed by atoms with E-state index in [1.165, 1.54) is 0 Å². The normalized spacial score (nSPS) is 10.4. The van der Waals surface area contributed by atoms with E-state index in [9.17, 15) is 4.79 Å². The number of hydrogen-bond acceptors (Lipinski definition) is 3. The van der Waals surface area contributed by atoms with Gasteiger partial charge in [0.2, 0.25) is 0 Å². The van der Waals surface area contributed by atoms with Gasteiger partial charge in [0.1, 0.15) is 5.75 Å². The van der Waals surface area contributed by atoms with Crippen LogP contribution in [0, 0.1) is 13.8 Å². The Labute approximate surface area is 118 Å². The predicted octanol–water partition coefficient (Wildman–Crippen LogP) is 1.98. The topological polar surface area (TPSA) is 56.1 Å². The van der Waals surface area contributed by atoms with Gasteiger partial charge in [0.25, 0.3) is 5.91 Å². The molecule has 1 aromatic carbocycles. The van der Waals surface area contributed by atoms with Crippen LogP contribution in [0.3, 0.4) is 0 Å². The summed E-state index contributed by atoms with van der Waals surface area (Å²) in [5, 5.41) is 7.25. The molecule has 0 fully saturated rings. The Balaban J connectivity index is 2.08. The third-order valence-electron chi connectivity index (χ3n) is 3.42. The molecule has 0 aliphatic heterocycles. The Bertz CT molecular complexity index is 632. The zero-order valence-electron chi connectivity index (χ0n) is 12.2. The first-order valence-electron chi connectivity index (χ1n) is 6.44. The Kier molecular flexibility index (Phi) is 4.08. The second-order valence-electron chi connectivity index (χ2n) is 4.69. The van der Waals surface area contributed by atoms with Crippen molar-refractivity contribution in [1.82, 2.24) is 15.1 Å². The molecule has 0 unspecified atom stereocenters. The molecule has 1 N–H and O–H groups in total. The van der Waals surface area contributed by atoms with E-state index in [1.54, 1.807) is 25.3 Å². The Hall–Kier alpha value is -2.30. The minimum atomic E-state index is -0.119. The molecule has 2 rings (SSSR count). The molecule has 0 aliphatic carbocycles. The van der Waals surface area contributed by atoms with Gasteiger partial charge in [-0.15, -0.1) is 0 Å². The van der Waals surface area contributed by atoms with E-state index in [1.807, 2.05) is 31.6 Å². The molecular weight excluding hydrogens is 254 g/mol. The summed E-state index contributed by atoms with van der Waals surface area (Å²) in [5.74, 6) is 0.554. The monoisotopic (exact) mass is 273 g/mol. The third kappa shape index (κ3) is 2.82. The number of ether oxygens (including phenoxy) is 1. The van der Waals surface area contributed by atoms with E-state index in [4.69, 9.17) is 4.74 Å². The van der Waals surface area contributed by atoms with Crippen LogP contribution >= 0.6 is 0 Å². The molecule has 1 aromatic heterocycles. The van der Waals surface area contributed by atoms with Gasteiger partial charge in [-0.05, 0) is 32.0 Å². The highest BCUT2D eigenvalue weighted by Crippen LogP contribution is 2.14. The number of nitrogens with zero attached hydrogens (tertiary/aromatic N) is 2. The largest absolute Gasteiger partial charge is 0.497 e. The lowest BCUT2D eigenvalue weighted by atomic mass is 10.1. The molecule has 20 heavy (non-hydrogen) atoms. The molecule has 0 aliphatic rings. The van der Waals surface area contributed by atoms with E-state index < -0.39 is 0 Å². The zero-order valence-corrected chi connectivity index (χ0v) is 12.2. The SMILES string of the molecule is COc1cccc(C(=O)NCc2c(C)nn(C)c2C)c1. The van der Waals surface area contributed by atoms with Crippen LogP contribution in [-0.4, -0.2) is 22.8 Å². The maximum atomic E-state index is 12.1. The summed E-state index contributed by atoms with van der Waals surface area (Å²) < 4.78 is 6.94. The van der Waals surface area contributed by atoms with Crippen LogP contribution in [0.5, 0.6) is 5.75 Å². The molecule has 0 atom stereocenters. The molecule has 5 heteroatoms. The van der Waals surface area contributed by atoms with Crippen molar-refractivity contribution in [3.05, 3.63) is 46.8 Å². The Morgan fingerprint density at radius 1 is 1.40 bits per heavy atom. The Morgan fingerprint density at radius 2 is 2.15 bits per heavy atom. The van der Waals surface area contributed by atoms with E-state index in [0.29, 0.717) is 17.9 Å². The quantitative estimate of drug-likeness (QED) is 0.926. The number of amides is 1. The standard InChI is InChI=1S/C15H19N3O2/c1-10-14(11(2)18(3)17-10)9-16-15(19)12-6-5-7-13(8-12)20-4/h5-8H,9H2,1-4H3,(H,16,19). The zero-order chi connectivity index (χ0) is 14.7.